The van der Waals surface area contributed by atoms with Gasteiger partial charge >= 0.3 is 0 Å². The maximum Gasteiger partial charge on any atom is 0.251 e. The van der Waals surface area contributed by atoms with E-state index in [-0.39, 0.29) is 11.7 Å². The van der Waals surface area contributed by atoms with E-state index in [1.807, 2.05) is 0 Å². The van der Waals surface area contributed by atoms with Crippen LogP contribution in [-0.4, -0.2) is 43.6 Å². The van der Waals surface area contributed by atoms with Crippen molar-refractivity contribution >= 4 is 5.91 Å². The molecule has 22 heavy (non-hydrogen) atoms. The molecular formula is C17H25FN2O2. The standard InChI is InChI=1S/C17H25FN2O2/c1-13-6-3-4-10-20(13)11-5-9-19-17(21)14-7-8-16(22-2)15(18)12-14/h7-8,12-13H,3-6,9-11H2,1-2H3,(H,19,21)/t13-/m0/s1. The second kappa shape index (κ2) is 8.13. The molecule has 5 heteroatoms. The molecule has 1 aliphatic heterocycles. The van der Waals surface area contributed by atoms with Crippen LogP contribution < -0.4 is 10.1 Å². The van der Waals surface area contributed by atoms with Gasteiger partial charge < -0.3 is 15.0 Å². The van der Waals surface area contributed by atoms with Gasteiger partial charge in [-0.05, 0) is 50.9 Å². The van der Waals surface area contributed by atoms with Gasteiger partial charge in [0.15, 0.2) is 11.6 Å². The molecule has 4 nitrogen and oxygen atoms in total. The van der Waals surface area contributed by atoms with Gasteiger partial charge in [-0.2, -0.15) is 0 Å². The van der Waals surface area contributed by atoms with Crippen LogP contribution in [0, 0.1) is 5.82 Å². The molecule has 1 heterocycles. The van der Waals surface area contributed by atoms with Crippen LogP contribution in [0.25, 0.3) is 0 Å². The third kappa shape index (κ3) is 4.44. The number of hydrogen-bond acceptors (Lipinski definition) is 3. The molecule has 1 saturated heterocycles. The Labute approximate surface area is 131 Å². The monoisotopic (exact) mass is 308 g/mol. The van der Waals surface area contributed by atoms with Crippen molar-refractivity contribution in [3.8, 4) is 5.75 Å². The van der Waals surface area contributed by atoms with Gasteiger partial charge in [-0.25, -0.2) is 4.39 Å². The molecule has 1 N–H and O–H groups in total. The number of likely N-dealkylation sites (tertiary alicyclic amines) is 1. The van der Waals surface area contributed by atoms with Gasteiger partial charge in [-0.15, -0.1) is 0 Å². The summed E-state index contributed by atoms with van der Waals surface area (Å²) in [6.07, 6.45) is 4.76. The van der Waals surface area contributed by atoms with Gasteiger partial charge in [0, 0.05) is 24.7 Å². The lowest BCUT2D eigenvalue weighted by molar-refractivity contribution is 0.0948. The molecule has 1 atom stereocenters. The minimum absolute atomic E-state index is 0.149. The van der Waals surface area contributed by atoms with Crippen LogP contribution in [0.15, 0.2) is 18.2 Å². The average Bonchev–Trinajstić information content (AvgIpc) is 2.52. The number of amides is 1. The molecule has 0 bridgehead atoms. The number of nitrogens with one attached hydrogen (secondary N) is 1. The number of piperidine rings is 1. The molecule has 1 amide bonds. The molecule has 0 aromatic heterocycles. The predicted octanol–water partition coefficient (Wildman–Crippen LogP) is 2.83. The largest absolute Gasteiger partial charge is 0.494 e. The smallest absolute Gasteiger partial charge is 0.251 e. The number of carbonyl (C=O) groups excluding carboxylic acids is 1. The highest BCUT2D eigenvalue weighted by Crippen LogP contribution is 2.18. The molecule has 1 fully saturated rings. The van der Waals surface area contributed by atoms with Crippen molar-refractivity contribution in [2.24, 2.45) is 0 Å². The summed E-state index contributed by atoms with van der Waals surface area (Å²) in [5.74, 6) is -0.610. The number of methoxy groups -OCH3 is 1. The summed E-state index contributed by atoms with van der Waals surface area (Å²) in [4.78, 5) is 14.5. The number of nitrogens with zero attached hydrogens (tertiary/aromatic N) is 1. The van der Waals surface area contributed by atoms with Crippen LogP contribution in [-0.2, 0) is 0 Å². The van der Waals surface area contributed by atoms with Gasteiger partial charge in [0.2, 0.25) is 0 Å². The maximum atomic E-state index is 13.6. The number of hydrogen-bond donors (Lipinski definition) is 1. The minimum Gasteiger partial charge on any atom is -0.494 e. The lowest BCUT2D eigenvalue weighted by atomic mass is 10.0. The number of benzene rings is 1. The second-order valence-electron chi connectivity index (χ2n) is 5.84. The molecule has 122 valence electrons. The van der Waals surface area contributed by atoms with E-state index in [0.717, 1.165) is 19.5 Å². The topological polar surface area (TPSA) is 41.6 Å². The van der Waals surface area contributed by atoms with Crippen molar-refractivity contribution < 1.29 is 13.9 Å². The van der Waals surface area contributed by atoms with Crippen molar-refractivity contribution in [1.82, 2.24) is 10.2 Å². The Morgan fingerprint density at radius 1 is 1.45 bits per heavy atom. The molecule has 0 aliphatic carbocycles. The van der Waals surface area contributed by atoms with Crippen molar-refractivity contribution in [2.45, 2.75) is 38.6 Å². The summed E-state index contributed by atoms with van der Waals surface area (Å²) in [6.45, 7) is 5.02. The first-order valence-electron chi connectivity index (χ1n) is 7.97. The zero-order valence-electron chi connectivity index (χ0n) is 13.4. The van der Waals surface area contributed by atoms with Crippen LogP contribution in [0.5, 0.6) is 5.75 Å². The Bertz CT molecular complexity index is 507. The van der Waals surface area contributed by atoms with Crippen LogP contribution in [0.1, 0.15) is 43.0 Å². The Morgan fingerprint density at radius 3 is 2.95 bits per heavy atom. The number of ether oxygens (including phenoxy) is 1. The molecular weight excluding hydrogens is 283 g/mol. The highest BCUT2D eigenvalue weighted by molar-refractivity contribution is 5.94. The highest BCUT2D eigenvalue weighted by Gasteiger charge is 2.17. The Balaban J connectivity index is 1.74. The quantitative estimate of drug-likeness (QED) is 0.822. The minimum atomic E-state index is -0.516. The van der Waals surface area contributed by atoms with Gasteiger partial charge in [0.25, 0.3) is 5.91 Å². The van der Waals surface area contributed by atoms with Crippen LogP contribution in [0.2, 0.25) is 0 Å². The second-order valence-corrected chi connectivity index (χ2v) is 5.84. The van der Waals surface area contributed by atoms with Gasteiger partial charge in [-0.1, -0.05) is 6.42 Å². The van der Waals surface area contributed by atoms with E-state index in [2.05, 4.69) is 17.1 Å². The summed E-state index contributed by atoms with van der Waals surface area (Å²) >= 11 is 0. The number of halogens is 1. The molecule has 0 unspecified atom stereocenters. The zero-order valence-corrected chi connectivity index (χ0v) is 13.4. The zero-order chi connectivity index (χ0) is 15.9. The highest BCUT2D eigenvalue weighted by atomic mass is 19.1. The fourth-order valence-corrected chi connectivity index (χ4v) is 2.88. The van der Waals surface area contributed by atoms with E-state index in [9.17, 15) is 9.18 Å². The van der Waals surface area contributed by atoms with Crippen LogP contribution >= 0.6 is 0 Å². The third-order valence-electron chi connectivity index (χ3n) is 4.26. The SMILES string of the molecule is COc1ccc(C(=O)NCCCN2CCCC[C@@H]2C)cc1F. The summed E-state index contributed by atoms with van der Waals surface area (Å²) in [5.41, 5.74) is 0.324. The lowest BCUT2D eigenvalue weighted by Gasteiger charge is -2.33. The van der Waals surface area contributed by atoms with Gasteiger partial charge in [0.05, 0.1) is 7.11 Å². The van der Waals surface area contributed by atoms with E-state index < -0.39 is 5.82 Å². The van der Waals surface area contributed by atoms with Crippen LogP contribution in [0.3, 0.4) is 0 Å². The molecule has 0 radical (unpaired) electrons. The first kappa shape index (κ1) is 16.7. The molecule has 0 spiro atoms. The van der Waals surface area contributed by atoms with E-state index in [0.29, 0.717) is 18.2 Å². The number of carbonyl (C=O) groups is 1. The fourth-order valence-electron chi connectivity index (χ4n) is 2.88. The Kier molecular flexibility index (Phi) is 6.19. The summed E-state index contributed by atoms with van der Waals surface area (Å²) < 4.78 is 18.4. The van der Waals surface area contributed by atoms with Crippen molar-refractivity contribution in [3.63, 3.8) is 0 Å². The summed E-state index contributed by atoms with van der Waals surface area (Å²) in [5, 5.41) is 2.84. The van der Waals surface area contributed by atoms with E-state index in [1.165, 1.54) is 38.5 Å². The van der Waals surface area contributed by atoms with Crippen LogP contribution in [0.4, 0.5) is 4.39 Å². The molecule has 1 aromatic carbocycles. The Morgan fingerprint density at radius 2 is 2.27 bits per heavy atom. The molecule has 2 rings (SSSR count). The molecule has 1 aliphatic rings. The Hall–Kier alpha value is -1.62. The van der Waals surface area contributed by atoms with Crippen molar-refractivity contribution in [3.05, 3.63) is 29.6 Å². The maximum absolute atomic E-state index is 13.6. The predicted molar refractivity (Wildman–Crippen MR) is 84.8 cm³/mol. The molecule has 0 saturated carbocycles. The van der Waals surface area contributed by atoms with E-state index >= 15 is 0 Å². The summed E-state index contributed by atoms with van der Waals surface area (Å²) in [6, 6.07) is 4.89. The van der Waals surface area contributed by atoms with Crippen molar-refractivity contribution in [1.29, 1.82) is 0 Å². The normalized spacial score (nSPS) is 19.0. The first-order valence-corrected chi connectivity index (χ1v) is 7.97. The first-order chi connectivity index (χ1) is 10.6. The van der Waals surface area contributed by atoms with Gasteiger partial charge in [-0.3, -0.25) is 4.79 Å². The molecule has 1 aromatic rings. The van der Waals surface area contributed by atoms with Gasteiger partial charge in [0.1, 0.15) is 0 Å². The number of rotatable bonds is 6. The fraction of sp³-hybridized carbons (Fsp3) is 0.588. The van der Waals surface area contributed by atoms with Crippen molar-refractivity contribution in [2.75, 3.05) is 26.7 Å². The van der Waals surface area contributed by atoms with E-state index in [4.69, 9.17) is 4.74 Å². The summed E-state index contributed by atoms with van der Waals surface area (Å²) in [7, 11) is 1.40. The van der Waals surface area contributed by atoms with E-state index in [1.54, 1.807) is 6.07 Å². The lowest BCUT2D eigenvalue weighted by Crippen LogP contribution is -2.39. The third-order valence-corrected chi connectivity index (χ3v) is 4.26. The average molecular weight is 308 g/mol.